The molecule has 0 heteroatoms. The van der Waals surface area contributed by atoms with Crippen molar-refractivity contribution in [1.82, 2.24) is 0 Å². The molecule has 0 heterocycles. The highest BCUT2D eigenvalue weighted by atomic mass is 14.4. The van der Waals surface area contributed by atoms with E-state index in [1.54, 1.807) is 11.1 Å². The lowest BCUT2D eigenvalue weighted by Gasteiger charge is -2.46. The van der Waals surface area contributed by atoms with Gasteiger partial charge in [0.25, 0.3) is 0 Å². The number of hydrogen-bond donors (Lipinski definition) is 0. The monoisotopic (exact) mass is 180 g/mol. The SMILES string of the molecule is CC1=C(C)C(C)(C(C)(C)C)CCC1. The third-order valence-electron chi connectivity index (χ3n) is 4.35. The minimum absolute atomic E-state index is 0.402. The molecule has 0 saturated carbocycles. The fourth-order valence-electron chi connectivity index (χ4n) is 2.49. The second kappa shape index (κ2) is 3.15. The van der Waals surface area contributed by atoms with Crippen molar-refractivity contribution in [3.05, 3.63) is 11.1 Å². The van der Waals surface area contributed by atoms with Gasteiger partial charge in [-0.25, -0.2) is 0 Å². The summed E-state index contributed by atoms with van der Waals surface area (Å²) in [4.78, 5) is 0. The maximum absolute atomic E-state index is 2.44. The van der Waals surface area contributed by atoms with Crippen molar-refractivity contribution in [2.24, 2.45) is 10.8 Å². The van der Waals surface area contributed by atoms with E-state index in [0.717, 1.165) is 0 Å². The van der Waals surface area contributed by atoms with Crippen molar-refractivity contribution in [2.45, 2.75) is 60.8 Å². The highest BCUT2D eigenvalue weighted by molar-refractivity contribution is 5.23. The van der Waals surface area contributed by atoms with Gasteiger partial charge >= 0.3 is 0 Å². The third-order valence-corrected chi connectivity index (χ3v) is 4.35. The van der Waals surface area contributed by atoms with E-state index in [1.807, 2.05) is 0 Å². The van der Waals surface area contributed by atoms with Crippen LogP contribution in [0.5, 0.6) is 0 Å². The Morgan fingerprint density at radius 2 is 1.69 bits per heavy atom. The maximum atomic E-state index is 2.44. The highest BCUT2D eigenvalue weighted by Crippen LogP contribution is 2.51. The first-order valence-electron chi connectivity index (χ1n) is 5.46. The summed E-state index contributed by atoms with van der Waals surface area (Å²) in [5.74, 6) is 0. The Morgan fingerprint density at radius 1 is 1.15 bits per heavy atom. The molecule has 1 atom stereocenters. The average Bonchev–Trinajstić information content (AvgIpc) is 1.98. The highest BCUT2D eigenvalue weighted by Gasteiger charge is 2.40. The van der Waals surface area contributed by atoms with Gasteiger partial charge in [0.1, 0.15) is 0 Å². The molecule has 1 rings (SSSR count). The van der Waals surface area contributed by atoms with Crippen LogP contribution in [-0.2, 0) is 0 Å². The zero-order valence-corrected chi connectivity index (χ0v) is 10.1. The summed E-state index contributed by atoms with van der Waals surface area (Å²) in [6, 6.07) is 0. The summed E-state index contributed by atoms with van der Waals surface area (Å²) < 4.78 is 0. The van der Waals surface area contributed by atoms with Gasteiger partial charge in [-0.1, -0.05) is 38.8 Å². The van der Waals surface area contributed by atoms with Gasteiger partial charge in [-0.15, -0.1) is 0 Å². The molecule has 0 nitrogen and oxygen atoms in total. The summed E-state index contributed by atoms with van der Waals surface area (Å²) in [7, 11) is 0. The zero-order valence-electron chi connectivity index (χ0n) is 10.1. The van der Waals surface area contributed by atoms with Crippen LogP contribution in [0.2, 0.25) is 0 Å². The first-order valence-corrected chi connectivity index (χ1v) is 5.46. The fourth-order valence-corrected chi connectivity index (χ4v) is 2.49. The van der Waals surface area contributed by atoms with E-state index < -0.39 is 0 Å². The van der Waals surface area contributed by atoms with Crippen LogP contribution in [0, 0.1) is 10.8 Å². The predicted octanol–water partition coefficient (Wildman–Crippen LogP) is 4.56. The molecule has 1 aliphatic carbocycles. The molecular weight excluding hydrogens is 156 g/mol. The van der Waals surface area contributed by atoms with Crippen molar-refractivity contribution < 1.29 is 0 Å². The van der Waals surface area contributed by atoms with Gasteiger partial charge in [0.2, 0.25) is 0 Å². The fraction of sp³-hybridized carbons (Fsp3) is 0.846. The molecule has 0 saturated heterocycles. The summed E-state index contributed by atoms with van der Waals surface area (Å²) in [5, 5.41) is 0. The molecule has 0 spiro atoms. The van der Waals surface area contributed by atoms with Crippen LogP contribution in [0.1, 0.15) is 60.8 Å². The van der Waals surface area contributed by atoms with E-state index >= 15 is 0 Å². The molecule has 0 N–H and O–H groups in total. The largest absolute Gasteiger partial charge is 0.0738 e. The molecule has 76 valence electrons. The molecule has 0 aromatic carbocycles. The Hall–Kier alpha value is -0.260. The van der Waals surface area contributed by atoms with Crippen LogP contribution in [0.4, 0.5) is 0 Å². The molecule has 0 bridgehead atoms. The van der Waals surface area contributed by atoms with Gasteiger partial charge in [0.15, 0.2) is 0 Å². The molecule has 0 aromatic rings. The first-order chi connectivity index (χ1) is 5.79. The van der Waals surface area contributed by atoms with Crippen molar-refractivity contribution >= 4 is 0 Å². The van der Waals surface area contributed by atoms with Crippen LogP contribution in [-0.4, -0.2) is 0 Å². The van der Waals surface area contributed by atoms with Crippen molar-refractivity contribution in [2.75, 3.05) is 0 Å². The number of hydrogen-bond acceptors (Lipinski definition) is 0. The molecule has 0 fully saturated rings. The molecule has 0 aromatic heterocycles. The Morgan fingerprint density at radius 3 is 2.08 bits per heavy atom. The maximum Gasteiger partial charge on any atom is -0.00680 e. The average molecular weight is 180 g/mol. The molecule has 13 heavy (non-hydrogen) atoms. The van der Waals surface area contributed by atoms with Crippen molar-refractivity contribution in [3.8, 4) is 0 Å². The van der Waals surface area contributed by atoms with Crippen LogP contribution >= 0.6 is 0 Å². The minimum atomic E-state index is 0.402. The second-order valence-corrected chi connectivity index (χ2v) is 5.84. The van der Waals surface area contributed by atoms with Crippen LogP contribution in [0.15, 0.2) is 11.1 Å². The summed E-state index contributed by atoms with van der Waals surface area (Å²) in [6.07, 6.45) is 4.05. The van der Waals surface area contributed by atoms with Crippen molar-refractivity contribution in [1.29, 1.82) is 0 Å². The zero-order chi connectivity index (χ0) is 10.3. The van der Waals surface area contributed by atoms with Gasteiger partial charge < -0.3 is 0 Å². The van der Waals surface area contributed by atoms with E-state index in [4.69, 9.17) is 0 Å². The van der Waals surface area contributed by atoms with Gasteiger partial charge in [0, 0.05) is 0 Å². The van der Waals surface area contributed by atoms with Crippen LogP contribution in [0.25, 0.3) is 0 Å². The Kier molecular flexibility index (Phi) is 2.62. The molecule has 1 aliphatic rings. The number of allylic oxidation sites excluding steroid dienone is 2. The van der Waals surface area contributed by atoms with Crippen molar-refractivity contribution in [3.63, 3.8) is 0 Å². The first kappa shape index (κ1) is 10.8. The lowest BCUT2D eigenvalue weighted by molar-refractivity contribution is 0.128. The Balaban J connectivity index is 3.10. The van der Waals surface area contributed by atoms with E-state index in [2.05, 4.69) is 41.5 Å². The molecule has 0 amide bonds. The van der Waals surface area contributed by atoms with Gasteiger partial charge in [0.05, 0.1) is 0 Å². The molecular formula is C13H24. The molecule has 0 aliphatic heterocycles. The normalized spacial score (nSPS) is 30.9. The van der Waals surface area contributed by atoms with Crippen LogP contribution < -0.4 is 0 Å². The smallest absolute Gasteiger partial charge is 0.00680 e. The van der Waals surface area contributed by atoms with E-state index in [-0.39, 0.29) is 0 Å². The van der Waals surface area contributed by atoms with Gasteiger partial charge in [-0.05, 0) is 43.9 Å². The summed E-state index contributed by atoms with van der Waals surface area (Å²) in [5.41, 5.74) is 4.10. The second-order valence-electron chi connectivity index (χ2n) is 5.84. The lowest BCUT2D eigenvalue weighted by atomic mass is 9.58. The van der Waals surface area contributed by atoms with Gasteiger partial charge in [-0.2, -0.15) is 0 Å². The quantitative estimate of drug-likeness (QED) is 0.479. The Labute approximate surface area is 83.4 Å². The standard InChI is InChI=1S/C13H24/c1-10-8-7-9-13(6,11(10)2)12(3,4)5/h7-9H2,1-6H3. The number of rotatable bonds is 0. The topological polar surface area (TPSA) is 0 Å². The minimum Gasteiger partial charge on any atom is -0.0738 e. The lowest BCUT2D eigenvalue weighted by Crippen LogP contribution is -2.36. The summed E-state index contributed by atoms with van der Waals surface area (Å²) in [6.45, 7) is 14.2. The van der Waals surface area contributed by atoms with Crippen LogP contribution in [0.3, 0.4) is 0 Å². The van der Waals surface area contributed by atoms with E-state index in [1.165, 1.54) is 19.3 Å². The molecule has 1 unspecified atom stereocenters. The van der Waals surface area contributed by atoms with E-state index in [0.29, 0.717) is 10.8 Å². The predicted molar refractivity (Wildman–Crippen MR) is 59.8 cm³/mol. The molecule has 0 radical (unpaired) electrons. The van der Waals surface area contributed by atoms with Gasteiger partial charge in [-0.3, -0.25) is 0 Å². The third kappa shape index (κ3) is 1.68. The Bertz CT molecular complexity index is 227. The van der Waals surface area contributed by atoms with E-state index in [9.17, 15) is 0 Å². The summed E-state index contributed by atoms with van der Waals surface area (Å²) >= 11 is 0.